The van der Waals surface area contributed by atoms with Crippen LogP contribution >= 0.6 is 0 Å². The first-order chi connectivity index (χ1) is 17.3. The number of aliphatic hydroxyl groups excluding tert-OH is 2. The Kier molecular flexibility index (Phi) is 12.0. The Balaban J connectivity index is 2.05. The summed E-state index contributed by atoms with van der Waals surface area (Å²) in [6.07, 6.45) is 10.1. The highest BCUT2D eigenvalue weighted by Gasteiger charge is 2.44. The number of amides is 1. The summed E-state index contributed by atoms with van der Waals surface area (Å²) in [5, 5.41) is 34.2. The summed E-state index contributed by atoms with van der Waals surface area (Å²) in [7, 11) is 0. The molecule has 0 aliphatic carbocycles. The number of epoxide rings is 1. The quantitative estimate of drug-likeness (QED) is 0.159. The minimum atomic E-state index is -1.37. The number of rotatable bonds is 9. The summed E-state index contributed by atoms with van der Waals surface area (Å²) in [6.45, 7) is 10.9. The fraction of sp³-hybridized carbons (Fsp3) is 0.724. The van der Waals surface area contributed by atoms with Gasteiger partial charge in [-0.3, -0.25) is 9.59 Å². The van der Waals surface area contributed by atoms with E-state index in [0.29, 0.717) is 6.42 Å². The van der Waals surface area contributed by atoms with Crippen molar-refractivity contribution in [1.29, 1.82) is 0 Å². The van der Waals surface area contributed by atoms with Crippen molar-refractivity contribution < 1.29 is 34.4 Å². The lowest BCUT2D eigenvalue weighted by Gasteiger charge is -2.31. The maximum atomic E-state index is 12.6. The molecule has 9 atom stereocenters. The van der Waals surface area contributed by atoms with Crippen LogP contribution in [0.5, 0.6) is 0 Å². The van der Waals surface area contributed by atoms with Crippen molar-refractivity contribution in [3.63, 3.8) is 0 Å². The van der Waals surface area contributed by atoms with Gasteiger partial charge in [-0.15, -0.1) is 0 Å². The van der Waals surface area contributed by atoms with Gasteiger partial charge in [-0.1, -0.05) is 50.6 Å². The molecule has 0 spiro atoms. The van der Waals surface area contributed by atoms with Gasteiger partial charge in [-0.2, -0.15) is 0 Å². The molecule has 2 heterocycles. The molecule has 2 rings (SSSR count). The average Bonchev–Trinajstić information content (AvgIpc) is 3.58. The normalized spacial score (nSPS) is 35.0. The van der Waals surface area contributed by atoms with Crippen LogP contribution < -0.4 is 5.32 Å². The van der Waals surface area contributed by atoms with Gasteiger partial charge in [0.2, 0.25) is 5.91 Å². The van der Waals surface area contributed by atoms with Gasteiger partial charge in [0.25, 0.3) is 0 Å². The van der Waals surface area contributed by atoms with Gasteiger partial charge < -0.3 is 30.1 Å². The van der Waals surface area contributed by atoms with E-state index in [9.17, 15) is 24.9 Å². The predicted molar refractivity (Wildman–Crippen MR) is 143 cm³/mol. The van der Waals surface area contributed by atoms with E-state index in [1.165, 1.54) is 6.92 Å². The first-order valence-corrected chi connectivity index (χ1v) is 13.6. The summed E-state index contributed by atoms with van der Waals surface area (Å²) >= 11 is 0. The Labute approximate surface area is 221 Å². The van der Waals surface area contributed by atoms with E-state index in [2.05, 4.69) is 18.3 Å². The van der Waals surface area contributed by atoms with Crippen LogP contribution in [0.4, 0.5) is 0 Å². The van der Waals surface area contributed by atoms with Crippen LogP contribution in [0, 0.1) is 11.8 Å². The molecule has 4 N–H and O–H groups in total. The van der Waals surface area contributed by atoms with E-state index in [4.69, 9.17) is 9.47 Å². The maximum absolute atomic E-state index is 12.6. The zero-order valence-electron chi connectivity index (χ0n) is 23.2. The Morgan fingerprint density at radius 2 is 2.05 bits per heavy atom. The van der Waals surface area contributed by atoms with Crippen LogP contribution in [0.15, 0.2) is 36.0 Å². The minimum absolute atomic E-state index is 0.0671. The molecule has 0 aromatic heterocycles. The average molecular weight is 522 g/mol. The number of esters is 1. The highest BCUT2D eigenvalue weighted by Crippen LogP contribution is 2.36. The first kappa shape index (κ1) is 31.2. The number of aliphatic hydroxyl groups is 3. The van der Waals surface area contributed by atoms with E-state index >= 15 is 0 Å². The van der Waals surface area contributed by atoms with Crippen molar-refractivity contribution in [2.75, 3.05) is 0 Å². The number of hydrogen-bond donors (Lipinski definition) is 4. The van der Waals surface area contributed by atoms with Crippen LogP contribution in [-0.4, -0.2) is 69.4 Å². The first-order valence-electron chi connectivity index (χ1n) is 13.6. The highest BCUT2D eigenvalue weighted by molar-refractivity contribution is 5.77. The Morgan fingerprint density at radius 3 is 2.70 bits per heavy atom. The Hall–Kier alpha value is -2.00. The lowest BCUT2D eigenvalue weighted by molar-refractivity contribution is -0.156. The van der Waals surface area contributed by atoms with Gasteiger partial charge in [0, 0.05) is 12.8 Å². The molecule has 1 saturated heterocycles. The molecular weight excluding hydrogens is 474 g/mol. The van der Waals surface area contributed by atoms with E-state index in [-0.39, 0.29) is 61.4 Å². The highest BCUT2D eigenvalue weighted by atomic mass is 16.6. The molecule has 1 amide bonds. The van der Waals surface area contributed by atoms with Crippen molar-refractivity contribution in [2.45, 2.75) is 122 Å². The molecule has 0 bridgehead atoms. The van der Waals surface area contributed by atoms with Gasteiger partial charge in [-0.05, 0) is 57.9 Å². The number of ether oxygens (including phenoxy) is 2. The van der Waals surface area contributed by atoms with Crippen LogP contribution in [0.1, 0.15) is 80.1 Å². The van der Waals surface area contributed by atoms with Crippen molar-refractivity contribution in [3.8, 4) is 0 Å². The van der Waals surface area contributed by atoms with Crippen molar-refractivity contribution >= 4 is 11.9 Å². The van der Waals surface area contributed by atoms with E-state index < -0.39 is 23.8 Å². The Morgan fingerprint density at radius 1 is 1.35 bits per heavy atom. The largest absolute Gasteiger partial charge is 0.455 e. The maximum Gasteiger partial charge on any atom is 0.303 e. The number of carbonyl (C=O) groups excluding carboxylic acids is 2. The zero-order chi connectivity index (χ0) is 27.8. The van der Waals surface area contributed by atoms with E-state index in [0.717, 1.165) is 18.4 Å². The molecule has 0 radical (unpaired) electrons. The number of allylic oxidation sites excluding steroid dienone is 3. The predicted octanol–water partition coefficient (Wildman–Crippen LogP) is 3.35. The van der Waals surface area contributed by atoms with Crippen LogP contribution in [0.25, 0.3) is 0 Å². The second-order valence-corrected chi connectivity index (χ2v) is 11.1. The van der Waals surface area contributed by atoms with Gasteiger partial charge in [0.1, 0.15) is 11.7 Å². The third kappa shape index (κ3) is 10.3. The number of nitrogens with one attached hydrogen (secondary N) is 1. The second-order valence-electron chi connectivity index (χ2n) is 11.1. The summed E-state index contributed by atoms with van der Waals surface area (Å²) in [6, 6.07) is -0.314. The Bertz CT molecular complexity index is 849. The molecule has 2 aliphatic rings. The standard InChI is InChI=1S/C29H47NO7/c1-7-24(33)20(4)28-25(37-28)16-18(2)10-8-11-19(3)23-12-9-13-26(36-21(5)31)29(6,35)15-14-22(32)17-27(34)30-23/h8-11,13,18,20,22-26,28,32-33,35H,7,12,14-17H2,1-6H3,(H,30,34)/b10-8+,13-9+,19-11+. The number of hydrogen-bond acceptors (Lipinski definition) is 7. The molecule has 0 aromatic carbocycles. The van der Waals surface area contributed by atoms with E-state index in [1.807, 2.05) is 39.0 Å². The molecule has 0 saturated carbocycles. The topological polar surface area (TPSA) is 129 Å². The zero-order valence-corrected chi connectivity index (χ0v) is 23.2. The fourth-order valence-electron chi connectivity index (χ4n) is 4.78. The molecule has 9 unspecified atom stereocenters. The fourth-order valence-corrected chi connectivity index (χ4v) is 4.78. The molecule has 0 aromatic rings. The monoisotopic (exact) mass is 521 g/mol. The molecular formula is C29H47NO7. The van der Waals surface area contributed by atoms with Gasteiger partial charge >= 0.3 is 5.97 Å². The minimum Gasteiger partial charge on any atom is -0.455 e. The van der Waals surface area contributed by atoms with E-state index in [1.54, 1.807) is 13.0 Å². The lowest BCUT2D eigenvalue weighted by atomic mass is 9.90. The molecule has 8 heteroatoms. The van der Waals surface area contributed by atoms with Crippen LogP contribution in [-0.2, 0) is 19.1 Å². The third-order valence-electron chi connectivity index (χ3n) is 7.45. The third-order valence-corrected chi connectivity index (χ3v) is 7.45. The summed E-state index contributed by atoms with van der Waals surface area (Å²) < 4.78 is 11.1. The molecule has 210 valence electrons. The van der Waals surface area contributed by atoms with Gasteiger partial charge in [-0.25, -0.2) is 0 Å². The molecule has 1 fully saturated rings. The van der Waals surface area contributed by atoms with Crippen molar-refractivity contribution in [2.24, 2.45) is 11.8 Å². The summed E-state index contributed by atoms with van der Waals surface area (Å²) in [4.78, 5) is 24.1. The summed E-state index contributed by atoms with van der Waals surface area (Å²) in [5.74, 6) is -0.332. The van der Waals surface area contributed by atoms with Gasteiger partial charge in [0.15, 0.2) is 0 Å². The lowest BCUT2D eigenvalue weighted by Crippen LogP contribution is -2.43. The van der Waals surface area contributed by atoms with Gasteiger partial charge in [0.05, 0.1) is 36.9 Å². The molecule has 8 nitrogen and oxygen atoms in total. The SMILES string of the molecule is CCC(O)C(C)C1OC1CC(C)/C=C/C=C(\C)C1C/C=C/C(OC(C)=O)C(C)(O)CCC(O)CC(=O)N1. The molecule has 2 aliphatic heterocycles. The number of carbonyl (C=O) groups is 2. The van der Waals surface area contributed by atoms with Crippen molar-refractivity contribution in [3.05, 3.63) is 36.0 Å². The van der Waals surface area contributed by atoms with Crippen molar-refractivity contribution in [1.82, 2.24) is 5.32 Å². The summed E-state index contributed by atoms with van der Waals surface area (Å²) in [5.41, 5.74) is -0.432. The van der Waals surface area contributed by atoms with Crippen LogP contribution in [0.3, 0.4) is 0 Å². The smallest absolute Gasteiger partial charge is 0.303 e. The molecule has 37 heavy (non-hydrogen) atoms. The second kappa shape index (κ2) is 14.2. The van der Waals surface area contributed by atoms with Crippen LogP contribution in [0.2, 0.25) is 0 Å².